The fourth-order valence-corrected chi connectivity index (χ4v) is 6.33. The van der Waals surface area contributed by atoms with Gasteiger partial charge in [-0.25, -0.2) is 0 Å². The molecule has 3 aliphatic heterocycles. The number of carbonyl (C=O) groups is 3. The molecule has 3 saturated heterocycles. The Morgan fingerprint density at radius 3 is 2.58 bits per heavy atom. The van der Waals surface area contributed by atoms with Gasteiger partial charge in [0, 0.05) is 26.2 Å². The van der Waals surface area contributed by atoms with Gasteiger partial charge in [-0.1, -0.05) is 62.9 Å². The number of aliphatic hydroxyl groups excluding tert-OH is 1. The molecule has 3 amide bonds. The maximum absolute atomic E-state index is 13.8. The summed E-state index contributed by atoms with van der Waals surface area (Å²) in [5, 5.41) is 15.1. The number of likely N-dealkylation sites (tertiary alicyclic amines) is 1. The Hall–Kier alpha value is -2.45. The number of ether oxygens (including phenoxy) is 1. The van der Waals surface area contributed by atoms with Crippen LogP contribution < -0.4 is 10.6 Å². The van der Waals surface area contributed by atoms with Gasteiger partial charge in [0.2, 0.25) is 17.7 Å². The number of nitrogens with zero attached hydrogens (tertiary/aromatic N) is 1. The molecule has 3 heterocycles. The standard InChI is InChI=1S/C28H41N3O5/c1-2-3-9-16-29-26(34)24-28-15-14-21(36-28)22(25(33)30-19-20-12-7-6-8-13-20)23(28)27(35)31(24)17-10-4-5-11-18-32/h6-8,12-13,21-24,32H,2-5,9-11,14-19H2,1H3,(H,29,34)(H,30,33)/t21-,22+,23-,24?,28?/m0/s1. The maximum Gasteiger partial charge on any atom is 0.245 e. The van der Waals surface area contributed by atoms with E-state index in [1.807, 2.05) is 30.3 Å². The molecule has 3 N–H and O–H groups in total. The van der Waals surface area contributed by atoms with E-state index >= 15 is 0 Å². The molecule has 2 bridgehead atoms. The van der Waals surface area contributed by atoms with E-state index in [1.54, 1.807) is 4.90 Å². The summed E-state index contributed by atoms with van der Waals surface area (Å²) in [5.41, 5.74) is 0.0624. The van der Waals surface area contributed by atoms with Crippen LogP contribution in [0, 0.1) is 11.8 Å². The zero-order valence-corrected chi connectivity index (χ0v) is 21.4. The van der Waals surface area contributed by atoms with E-state index in [2.05, 4.69) is 17.6 Å². The van der Waals surface area contributed by atoms with Crippen molar-refractivity contribution in [2.75, 3.05) is 19.7 Å². The minimum atomic E-state index is -0.934. The van der Waals surface area contributed by atoms with Gasteiger partial charge in [-0.05, 0) is 37.7 Å². The monoisotopic (exact) mass is 499 g/mol. The lowest BCUT2D eigenvalue weighted by molar-refractivity contribution is -0.142. The maximum atomic E-state index is 13.8. The van der Waals surface area contributed by atoms with Crippen LogP contribution in [0.3, 0.4) is 0 Å². The normalized spacial score (nSPS) is 28.4. The molecule has 198 valence electrons. The van der Waals surface area contributed by atoms with Crippen molar-refractivity contribution in [1.29, 1.82) is 0 Å². The van der Waals surface area contributed by atoms with E-state index < -0.39 is 23.5 Å². The highest BCUT2D eigenvalue weighted by molar-refractivity contribution is 5.98. The number of rotatable bonds is 14. The number of nitrogens with one attached hydrogen (secondary N) is 2. The highest BCUT2D eigenvalue weighted by Crippen LogP contribution is 2.58. The summed E-state index contributed by atoms with van der Waals surface area (Å²) >= 11 is 0. The van der Waals surface area contributed by atoms with Crippen LogP contribution in [-0.2, 0) is 25.7 Å². The first-order valence-corrected chi connectivity index (χ1v) is 13.7. The molecular weight excluding hydrogens is 458 g/mol. The summed E-state index contributed by atoms with van der Waals surface area (Å²) in [4.78, 5) is 42.4. The second-order valence-corrected chi connectivity index (χ2v) is 10.4. The molecular formula is C28H41N3O5. The van der Waals surface area contributed by atoms with Gasteiger partial charge in [0.25, 0.3) is 0 Å². The number of benzene rings is 1. The predicted molar refractivity (Wildman–Crippen MR) is 136 cm³/mol. The lowest BCUT2D eigenvalue weighted by Crippen LogP contribution is -2.55. The second kappa shape index (κ2) is 12.2. The largest absolute Gasteiger partial charge is 0.396 e. The summed E-state index contributed by atoms with van der Waals surface area (Å²) in [6.07, 6.45) is 7.19. The third-order valence-electron chi connectivity index (χ3n) is 8.05. The average molecular weight is 500 g/mol. The van der Waals surface area contributed by atoms with Crippen LogP contribution in [0.1, 0.15) is 70.3 Å². The molecule has 0 radical (unpaired) electrons. The van der Waals surface area contributed by atoms with Gasteiger partial charge < -0.3 is 25.4 Å². The Labute approximate surface area is 214 Å². The molecule has 0 saturated carbocycles. The van der Waals surface area contributed by atoms with Crippen LogP contribution >= 0.6 is 0 Å². The summed E-state index contributed by atoms with van der Waals surface area (Å²) in [6.45, 7) is 3.71. The molecule has 1 aromatic rings. The van der Waals surface area contributed by atoms with Gasteiger partial charge in [0.1, 0.15) is 11.6 Å². The zero-order chi connectivity index (χ0) is 25.5. The van der Waals surface area contributed by atoms with Crippen LogP contribution in [0.2, 0.25) is 0 Å². The number of unbranched alkanes of at least 4 members (excludes halogenated alkanes) is 5. The Bertz CT molecular complexity index is 910. The average Bonchev–Trinajstić information content (AvgIpc) is 3.53. The van der Waals surface area contributed by atoms with E-state index in [9.17, 15) is 14.4 Å². The number of fused-ring (bicyclic) bond motifs is 1. The Balaban J connectivity index is 1.50. The van der Waals surface area contributed by atoms with E-state index in [0.29, 0.717) is 32.5 Å². The van der Waals surface area contributed by atoms with Crippen LogP contribution in [0.25, 0.3) is 0 Å². The first-order chi connectivity index (χ1) is 17.5. The van der Waals surface area contributed by atoms with Crippen molar-refractivity contribution in [2.45, 2.75) is 89.0 Å². The Morgan fingerprint density at radius 1 is 1.06 bits per heavy atom. The van der Waals surface area contributed by atoms with Crippen LogP contribution in [0.5, 0.6) is 0 Å². The van der Waals surface area contributed by atoms with Crippen molar-refractivity contribution in [3.63, 3.8) is 0 Å². The molecule has 0 aromatic heterocycles. The lowest BCUT2D eigenvalue weighted by atomic mass is 9.70. The van der Waals surface area contributed by atoms with Gasteiger partial charge in [-0.2, -0.15) is 0 Å². The molecule has 3 aliphatic rings. The van der Waals surface area contributed by atoms with Gasteiger partial charge in [0.15, 0.2) is 0 Å². The smallest absolute Gasteiger partial charge is 0.245 e. The second-order valence-electron chi connectivity index (χ2n) is 10.4. The molecule has 0 aliphatic carbocycles. The minimum Gasteiger partial charge on any atom is -0.396 e. The van der Waals surface area contributed by atoms with E-state index in [0.717, 1.165) is 50.5 Å². The quantitative estimate of drug-likeness (QED) is 0.341. The molecule has 3 fully saturated rings. The van der Waals surface area contributed by atoms with E-state index in [1.165, 1.54) is 0 Å². The fraction of sp³-hybridized carbons (Fsp3) is 0.679. The molecule has 36 heavy (non-hydrogen) atoms. The van der Waals surface area contributed by atoms with Gasteiger partial charge in [-0.3, -0.25) is 14.4 Å². The highest BCUT2D eigenvalue weighted by Gasteiger charge is 2.74. The van der Waals surface area contributed by atoms with Crippen molar-refractivity contribution in [3.8, 4) is 0 Å². The molecule has 8 heteroatoms. The van der Waals surface area contributed by atoms with E-state index in [-0.39, 0.29) is 30.4 Å². The first-order valence-electron chi connectivity index (χ1n) is 13.7. The van der Waals surface area contributed by atoms with Gasteiger partial charge >= 0.3 is 0 Å². The predicted octanol–water partition coefficient (Wildman–Crippen LogP) is 2.54. The number of carbonyl (C=O) groups excluding carboxylic acids is 3. The lowest BCUT2D eigenvalue weighted by Gasteiger charge is -2.33. The van der Waals surface area contributed by atoms with Gasteiger partial charge in [-0.15, -0.1) is 0 Å². The molecule has 1 aromatic carbocycles. The minimum absolute atomic E-state index is 0.132. The summed E-state index contributed by atoms with van der Waals surface area (Å²) in [6, 6.07) is 9.00. The number of aliphatic hydroxyl groups is 1. The topological polar surface area (TPSA) is 108 Å². The Kier molecular flexibility index (Phi) is 9.01. The van der Waals surface area contributed by atoms with Crippen molar-refractivity contribution in [3.05, 3.63) is 35.9 Å². The highest BCUT2D eigenvalue weighted by atomic mass is 16.5. The number of hydrogen-bond donors (Lipinski definition) is 3. The molecule has 1 spiro atoms. The van der Waals surface area contributed by atoms with Crippen molar-refractivity contribution in [2.24, 2.45) is 11.8 Å². The molecule has 8 nitrogen and oxygen atoms in total. The van der Waals surface area contributed by atoms with Crippen LogP contribution in [-0.4, -0.2) is 65.2 Å². The third kappa shape index (κ3) is 5.30. The van der Waals surface area contributed by atoms with Gasteiger partial charge in [0.05, 0.1) is 17.9 Å². The van der Waals surface area contributed by atoms with Crippen molar-refractivity contribution >= 4 is 17.7 Å². The zero-order valence-electron chi connectivity index (χ0n) is 21.4. The fourth-order valence-electron chi connectivity index (χ4n) is 6.33. The molecule has 2 unspecified atom stereocenters. The van der Waals surface area contributed by atoms with Crippen LogP contribution in [0.4, 0.5) is 0 Å². The first kappa shape index (κ1) is 26.6. The number of amides is 3. The third-order valence-corrected chi connectivity index (χ3v) is 8.05. The summed E-state index contributed by atoms with van der Waals surface area (Å²) < 4.78 is 6.46. The summed E-state index contributed by atoms with van der Waals surface area (Å²) in [7, 11) is 0. The number of hydrogen-bond acceptors (Lipinski definition) is 5. The molecule has 4 rings (SSSR count). The SMILES string of the molecule is CCCCCNC(=O)C1N(CCCCCCO)C(=O)[C@@H]2[C@H](C(=O)NCc3ccccc3)[C@@H]3CCC12O3. The Morgan fingerprint density at radius 2 is 1.83 bits per heavy atom. The van der Waals surface area contributed by atoms with Crippen molar-refractivity contribution < 1.29 is 24.2 Å². The summed E-state index contributed by atoms with van der Waals surface area (Å²) in [5.74, 6) is -1.67. The van der Waals surface area contributed by atoms with Crippen molar-refractivity contribution in [1.82, 2.24) is 15.5 Å². The van der Waals surface area contributed by atoms with E-state index in [4.69, 9.17) is 9.84 Å². The molecule has 5 atom stereocenters. The van der Waals surface area contributed by atoms with Crippen LogP contribution in [0.15, 0.2) is 30.3 Å².